The van der Waals surface area contributed by atoms with E-state index in [0.717, 1.165) is 11.1 Å². The molecule has 2 heterocycles. The molecule has 1 aromatic heterocycles. The van der Waals surface area contributed by atoms with E-state index in [1.807, 2.05) is 42.5 Å². The van der Waals surface area contributed by atoms with Crippen LogP contribution in [0.15, 0.2) is 60.8 Å². The molecular weight excluding hydrogens is 382 g/mol. The third-order valence-electron chi connectivity index (χ3n) is 4.85. The van der Waals surface area contributed by atoms with E-state index in [4.69, 9.17) is 9.47 Å². The van der Waals surface area contributed by atoms with Crippen LogP contribution in [0.2, 0.25) is 0 Å². The van der Waals surface area contributed by atoms with E-state index in [1.165, 1.54) is 14.0 Å². The van der Waals surface area contributed by atoms with Crippen LogP contribution in [-0.4, -0.2) is 23.9 Å². The van der Waals surface area contributed by atoms with Crippen molar-refractivity contribution < 1.29 is 19.1 Å². The zero-order valence-electron chi connectivity index (χ0n) is 16.6. The van der Waals surface area contributed by atoms with Crippen molar-refractivity contribution in [2.24, 2.45) is 0 Å². The van der Waals surface area contributed by atoms with Crippen LogP contribution < -0.4 is 20.1 Å². The fraction of sp³-hybridized carbons (Fsp3) is 0.174. The molecule has 3 aromatic rings. The normalized spacial score (nSPS) is 15.0. The van der Waals surface area contributed by atoms with Crippen LogP contribution in [0.25, 0.3) is 0 Å². The standard InChI is InChI=1S/C23H21N3O4/c1-14(27)25-20-10-18-17(11-22(28)26-19(18)12-21(20)29-2)15-8-9-23(24-13-15)30-16-6-4-3-5-7-16/h3-10,12-13,17H,11H2,1-2H3,(H,25,27)(H,26,28). The number of carbonyl (C=O) groups is 2. The van der Waals surface area contributed by atoms with Crippen LogP contribution in [0.3, 0.4) is 0 Å². The van der Waals surface area contributed by atoms with Gasteiger partial charge in [-0.05, 0) is 29.3 Å². The summed E-state index contributed by atoms with van der Waals surface area (Å²) in [5.74, 6) is 1.16. The number of hydrogen-bond donors (Lipinski definition) is 2. The Kier molecular flexibility index (Phi) is 5.34. The molecule has 1 aliphatic rings. The van der Waals surface area contributed by atoms with Gasteiger partial charge in [0.15, 0.2) is 0 Å². The molecule has 152 valence electrons. The fourth-order valence-corrected chi connectivity index (χ4v) is 3.51. The van der Waals surface area contributed by atoms with Crippen molar-refractivity contribution in [2.75, 3.05) is 17.7 Å². The number of para-hydroxylation sites is 1. The molecule has 0 aliphatic carbocycles. The average Bonchev–Trinajstić information content (AvgIpc) is 2.74. The van der Waals surface area contributed by atoms with E-state index in [0.29, 0.717) is 28.8 Å². The van der Waals surface area contributed by atoms with Gasteiger partial charge >= 0.3 is 0 Å². The van der Waals surface area contributed by atoms with Gasteiger partial charge in [0.1, 0.15) is 11.5 Å². The molecule has 2 amide bonds. The minimum absolute atomic E-state index is 0.0913. The molecule has 1 aliphatic heterocycles. The molecule has 2 aromatic carbocycles. The molecule has 0 radical (unpaired) electrons. The summed E-state index contributed by atoms with van der Waals surface area (Å²) in [7, 11) is 1.52. The van der Waals surface area contributed by atoms with E-state index < -0.39 is 0 Å². The smallest absolute Gasteiger partial charge is 0.225 e. The van der Waals surface area contributed by atoms with Gasteiger partial charge in [-0.1, -0.05) is 24.3 Å². The monoisotopic (exact) mass is 403 g/mol. The minimum Gasteiger partial charge on any atom is -0.494 e. The summed E-state index contributed by atoms with van der Waals surface area (Å²) in [5, 5.41) is 5.66. The quantitative estimate of drug-likeness (QED) is 0.662. The average molecular weight is 403 g/mol. The summed E-state index contributed by atoms with van der Waals surface area (Å²) in [5.41, 5.74) is 2.98. The Balaban J connectivity index is 1.66. The molecule has 7 heteroatoms. The molecule has 4 rings (SSSR count). The number of pyridine rings is 1. The lowest BCUT2D eigenvalue weighted by molar-refractivity contribution is -0.117. The van der Waals surface area contributed by atoms with Gasteiger partial charge in [-0.2, -0.15) is 0 Å². The van der Waals surface area contributed by atoms with Gasteiger partial charge in [0.25, 0.3) is 0 Å². The highest BCUT2D eigenvalue weighted by Crippen LogP contribution is 2.42. The van der Waals surface area contributed by atoms with Crippen LogP contribution in [0.4, 0.5) is 11.4 Å². The first-order valence-corrected chi connectivity index (χ1v) is 9.51. The lowest BCUT2D eigenvalue weighted by Gasteiger charge is -2.27. The second-order valence-electron chi connectivity index (χ2n) is 6.97. The minimum atomic E-state index is -0.203. The number of anilines is 2. The Morgan fingerprint density at radius 2 is 1.97 bits per heavy atom. The highest BCUT2D eigenvalue weighted by Gasteiger charge is 2.28. The van der Waals surface area contributed by atoms with Gasteiger partial charge in [0.2, 0.25) is 17.7 Å². The van der Waals surface area contributed by atoms with Crippen LogP contribution in [0, 0.1) is 0 Å². The predicted molar refractivity (Wildman–Crippen MR) is 113 cm³/mol. The maximum Gasteiger partial charge on any atom is 0.225 e. The summed E-state index contributed by atoms with van der Waals surface area (Å²) in [6.45, 7) is 1.44. The molecule has 0 spiro atoms. The third-order valence-corrected chi connectivity index (χ3v) is 4.85. The van der Waals surface area contributed by atoms with Gasteiger partial charge in [-0.15, -0.1) is 0 Å². The van der Waals surface area contributed by atoms with Crippen LogP contribution in [-0.2, 0) is 9.59 Å². The molecular formula is C23H21N3O4. The number of carbonyl (C=O) groups excluding carboxylic acids is 2. The van der Waals surface area contributed by atoms with E-state index >= 15 is 0 Å². The van der Waals surface area contributed by atoms with Crippen molar-refractivity contribution in [2.45, 2.75) is 19.3 Å². The summed E-state index contributed by atoms with van der Waals surface area (Å²) in [6.07, 6.45) is 1.99. The van der Waals surface area contributed by atoms with E-state index in [2.05, 4.69) is 15.6 Å². The number of fused-ring (bicyclic) bond motifs is 1. The lowest BCUT2D eigenvalue weighted by atomic mass is 9.85. The van der Waals surface area contributed by atoms with E-state index in [-0.39, 0.29) is 24.2 Å². The zero-order chi connectivity index (χ0) is 21.1. The van der Waals surface area contributed by atoms with Gasteiger partial charge in [-0.3, -0.25) is 9.59 Å². The number of ether oxygens (including phenoxy) is 2. The van der Waals surface area contributed by atoms with Crippen molar-refractivity contribution in [3.05, 3.63) is 71.9 Å². The highest BCUT2D eigenvalue weighted by atomic mass is 16.5. The number of rotatable bonds is 5. The second kappa shape index (κ2) is 8.24. The molecule has 0 saturated heterocycles. The maximum atomic E-state index is 12.3. The van der Waals surface area contributed by atoms with Crippen molar-refractivity contribution in [3.63, 3.8) is 0 Å². The number of hydrogen-bond acceptors (Lipinski definition) is 5. The first-order chi connectivity index (χ1) is 14.5. The number of nitrogens with one attached hydrogen (secondary N) is 2. The second-order valence-corrected chi connectivity index (χ2v) is 6.97. The molecule has 7 nitrogen and oxygen atoms in total. The third kappa shape index (κ3) is 4.10. The van der Waals surface area contributed by atoms with Gasteiger partial charge in [-0.25, -0.2) is 4.98 Å². The summed E-state index contributed by atoms with van der Waals surface area (Å²) in [4.78, 5) is 28.3. The Morgan fingerprint density at radius 3 is 2.63 bits per heavy atom. The predicted octanol–water partition coefficient (Wildman–Crippen LogP) is 4.32. The van der Waals surface area contributed by atoms with E-state index in [1.54, 1.807) is 18.3 Å². The largest absolute Gasteiger partial charge is 0.494 e. The van der Waals surface area contributed by atoms with Gasteiger partial charge < -0.3 is 20.1 Å². The van der Waals surface area contributed by atoms with Crippen molar-refractivity contribution in [1.29, 1.82) is 0 Å². The Hall–Kier alpha value is -3.87. The first kappa shape index (κ1) is 19.4. The molecule has 1 atom stereocenters. The first-order valence-electron chi connectivity index (χ1n) is 9.51. The molecule has 0 bridgehead atoms. The number of methoxy groups -OCH3 is 1. The van der Waals surface area contributed by atoms with Crippen molar-refractivity contribution in [3.8, 4) is 17.4 Å². The van der Waals surface area contributed by atoms with Crippen molar-refractivity contribution >= 4 is 23.2 Å². The Morgan fingerprint density at radius 1 is 1.17 bits per heavy atom. The SMILES string of the molecule is COc1cc2c(cc1NC(C)=O)C(c1ccc(Oc3ccccc3)nc1)CC(=O)N2. The molecule has 0 saturated carbocycles. The fourth-order valence-electron chi connectivity index (χ4n) is 3.51. The Bertz CT molecular complexity index is 1080. The molecule has 1 unspecified atom stereocenters. The van der Waals surface area contributed by atoms with Crippen LogP contribution in [0.5, 0.6) is 17.4 Å². The van der Waals surface area contributed by atoms with Crippen molar-refractivity contribution in [1.82, 2.24) is 4.98 Å². The number of aromatic nitrogens is 1. The topological polar surface area (TPSA) is 89.6 Å². The Labute approximate surface area is 174 Å². The number of benzene rings is 2. The number of nitrogens with zero attached hydrogens (tertiary/aromatic N) is 1. The van der Waals surface area contributed by atoms with Crippen LogP contribution in [0.1, 0.15) is 30.4 Å². The summed E-state index contributed by atoms with van der Waals surface area (Å²) < 4.78 is 11.1. The molecule has 30 heavy (non-hydrogen) atoms. The van der Waals surface area contributed by atoms with Gasteiger partial charge in [0.05, 0.1) is 12.8 Å². The summed E-state index contributed by atoms with van der Waals surface area (Å²) in [6, 6.07) is 16.7. The van der Waals surface area contributed by atoms with Gasteiger partial charge in [0, 0.05) is 43.3 Å². The maximum absolute atomic E-state index is 12.3. The zero-order valence-corrected chi connectivity index (χ0v) is 16.6. The molecule has 0 fully saturated rings. The lowest BCUT2D eigenvalue weighted by Crippen LogP contribution is -2.24. The molecule has 2 N–H and O–H groups in total. The summed E-state index contributed by atoms with van der Waals surface area (Å²) >= 11 is 0. The highest BCUT2D eigenvalue weighted by molar-refractivity contribution is 5.98. The van der Waals surface area contributed by atoms with E-state index in [9.17, 15) is 9.59 Å². The number of amides is 2. The van der Waals surface area contributed by atoms with Crippen LogP contribution >= 0.6 is 0 Å².